The molecule has 3 N–H and O–H groups in total. The molecular formula is C80H156O17P2. The summed E-state index contributed by atoms with van der Waals surface area (Å²) in [5.74, 6) is -2.11. The summed E-state index contributed by atoms with van der Waals surface area (Å²) in [7, 11) is -9.91. The first-order valence-corrected chi connectivity index (χ1v) is 44.8. The third kappa shape index (κ3) is 74.1. The minimum atomic E-state index is -4.96. The second-order valence-corrected chi connectivity index (χ2v) is 31.7. The van der Waals surface area contributed by atoms with Crippen molar-refractivity contribution >= 4 is 39.5 Å². The van der Waals surface area contributed by atoms with Crippen molar-refractivity contribution in [3.8, 4) is 0 Å². The molecule has 5 atom stereocenters. The summed E-state index contributed by atoms with van der Waals surface area (Å²) in [6.45, 7) is 4.96. The highest BCUT2D eigenvalue weighted by Crippen LogP contribution is 2.45. The number of unbranched alkanes of at least 4 members (excludes halogenated alkanes) is 55. The molecule has 0 radical (unpaired) electrons. The molecule has 2 unspecified atom stereocenters. The number of aliphatic hydroxyl groups is 1. The maximum Gasteiger partial charge on any atom is 0.472 e. The van der Waals surface area contributed by atoms with E-state index in [9.17, 15) is 43.2 Å². The predicted octanol–water partition coefficient (Wildman–Crippen LogP) is 24.2. The molecule has 0 bridgehead atoms. The van der Waals surface area contributed by atoms with Crippen LogP contribution in [-0.4, -0.2) is 96.7 Å². The maximum absolute atomic E-state index is 13.1. The van der Waals surface area contributed by atoms with Crippen LogP contribution in [0.15, 0.2) is 0 Å². The van der Waals surface area contributed by atoms with E-state index in [2.05, 4.69) is 27.7 Å². The molecule has 0 rings (SSSR count). The number of rotatable bonds is 81. The van der Waals surface area contributed by atoms with E-state index in [1.165, 1.54) is 257 Å². The third-order valence-electron chi connectivity index (χ3n) is 18.9. The SMILES string of the molecule is CCCCCCCCCCCCCCCCCCCCCCCCC(=O)O[C@H](COC(=O)CCCCCCCCCCCCCCCCCCCCCC)COP(=O)(O)OC[C@@H](O)COP(=O)(O)OC[C@@H](COC(=O)CCCCCCCCCC)OC(=O)CCCCCCCCCCC. The molecule has 0 aliphatic heterocycles. The molecule has 0 spiro atoms. The highest BCUT2D eigenvalue weighted by molar-refractivity contribution is 7.47. The lowest BCUT2D eigenvalue weighted by molar-refractivity contribution is -0.161. The summed E-state index contributed by atoms with van der Waals surface area (Å²) in [6, 6.07) is 0. The number of hydrogen-bond acceptors (Lipinski definition) is 15. The van der Waals surface area contributed by atoms with Crippen molar-refractivity contribution in [2.24, 2.45) is 0 Å². The van der Waals surface area contributed by atoms with Gasteiger partial charge in [-0.1, -0.05) is 381 Å². The van der Waals surface area contributed by atoms with Gasteiger partial charge in [0.1, 0.15) is 19.3 Å². The van der Waals surface area contributed by atoms with Crippen LogP contribution in [0.5, 0.6) is 0 Å². The number of hydrogen-bond donors (Lipinski definition) is 3. The lowest BCUT2D eigenvalue weighted by Crippen LogP contribution is -2.30. The molecule has 0 aromatic rings. The van der Waals surface area contributed by atoms with Crippen LogP contribution < -0.4 is 0 Å². The van der Waals surface area contributed by atoms with Crippen LogP contribution in [-0.2, 0) is 65.4 Å². The maximum atomic E-state index is 13.1. The predicted molar refractivity (Wildman–Crippen MR) is 405 cm³/mol. The van der Waals surface area contributed by atoms with E-state index < -0.39 is 97.5 Å². The van der Waals surface area contributed by atoms with Gasteiger partial charge in [0.15, 0.2) is 12.2 Å². The van der Waals surface area contributed by atoms with Crippen LogP contribution in [0.25, 0.3) is 0 Å². The van der Waals surface area contributed by atoms with Crippen LogP contribution in [0.4, 0.5) is 0 Å². The van der Waals surface area contributed by atoms with Gasteiger partial charge in [0.2, 0.25) is 0 Å². The molecule has 588 valence electrons. The van der Waals surface area contributed by atoms with Crippen LogP contribution >= 0.6 is 15.6 Å². The molecule has 0 saturated carbocycles. The standard InChI is InChI=1S/C80H156O17P2/c1-5-9-13-17-21-25-27-29-31-33-35-37-38-40-42-44-46-48-51-55-59-63-67-80(85)97-76(71-91-78(83)65-61-57-53-50-47-45-43-41-39-36-34-32-30-28-26-22-18-14-10-6-2)73-95-99(88,89)93-69-74(81)68-92-98(86,87)94-72-75(70-90-77(82)64-60-56-52-24-20-16-12-8-4)96-79(84)66-62-58-54-49-23-19-15-11-7-3/h74-76,81H,5-73H2,1-4H3,(H,86,87)(H,88,89)/t74-,75+,76+/m0/s1. The average Bonchev–Trinajstić information content (AvgIpc) is 2.32. The molecule has 0 aliphatic carbocycles. The molecule has 0 aromatic heterocycles. The van der Waals surface area contributed by atoms with Crippen LogP contribution in [0, 0.1) is 0 Å². The van der Waals surface area contributed by atoms with Crippen molar-refractivity contribution in [3.05, 3.63) is 0 Å². The van der Waals surface area contributed by atoms with Gasteiger partial charge in [0.25, 0.3) is 0 Å². The summed E-state index contributed by atoms with van der Waals surface area (Å²) in [5.41, 5.74) is 0. The second-order valence-electron chi connectivity index (χ2n) is 28.8. The first-order valence-electron chi connectivity index (χ1n) is 41.8. The first kappa shape index (κ1) is 97.1. The number of carbonyl (C=O) groups excluding carboxylic acids is 4. The molecule has 0 aromatic carbocycles. The highest BCUT2D eigenvalue weighted by Gasteiger charge is 2.30. The molecule has 0 fully saturated rings. The number of phosphoric ester groups is 2. The lowest BCUT2D eigenvalue weighted by Gasteiger charge is -2.21. The fourth-order valence-corrected chi connectivity index (χ4v) is 14.0. The number of phosphoric acid groups is 2. The Bertz CT molecular complexity index is 1880. The molecule has 99 heavy (non-hydrogen) atoms. The quantitative estimate of drug-likeness (QED) is 0.0222. The summed E-state index contributed by atoms with van der Waals surface area (Å²) >= 11 is 0. The van der Waals surface area contributed by atoms with Gasteiger partial charge >= 0.3 is 39.5 Å². The largest absolute Gasteiger partial charge is 0.472 e. The summed E-state index contributed by atoms with van der Waals surface area (Å²) < 4.78 is 68.5. The Kier molecular flexibility index (Phi) is 72.9. The smallest absolute Gasteiger partial charge is 0.462 e. The Hall–Kier alpha value is -1.94. The minimum absolute atomic E-state index is 0.106. The van der Waals surface area contributed by atoms with Crippen molar-refractivity contribution in [3.63, 3.8) is 0 Å². The van der Waals surface area contributed by atoms with Gasteiger partial charge in [-0.15, -0.1) is 0 Å². The third-order valence-corrected chi connectivity index (χ3v) is 20.8. The van der Waals surface area contributed by atoms with Crippen LogP contribution in [0.3, 0.4) is 0 Å². The van der Waals surface area contributed by atoms with E-state index in [-0.39, 0.29) is 25.7 Å². The van der Waals surface area contributed by atoms with Crippen molar-refractivity contribution in [1.29, 1.82) is 0 Å². The van der Waals surface area contributed by atoms with Gasteiger partial charge < -0.3 is 33.8 Å². The Balaban J connectivity index is 5.12. The molecular weight excluding hydrogens is 1290 g/mol. The van der Waals surface area contributed by atoms with Crippen molar-refractivity contribution in [1.82, 2.24) is 0 Å². The minimum Gasteiger partial charge on any atom is -0.462 e. The normalized spacial score (nSPS) is 13.8. The van der Waals surface area contributed by atoms with Gasteiger partial charge in [-0.05, 0) is 25.7 Å². The van der Waals surface area contributed by atoms with E-state index in [0.717, 1.165) is 96.3 Å². The zero-order valence-corrected chi connectivity index (χ0v) is 66.3. The van der Waals surface area contributed by atoms with Gasteiger partial charge in [-0.25, -0.2) is 9.13 Å². The van der Waals surface area contributed by atoms with Gasteiger partial charge in [0.05, 0.1) is 26.4 Å². The molecule has 19 heteroatoms. The Morgan fingerprint density at radius 2 is 0.404 bits per heavy atom. The van der Waals surface area contributed by atoms with Gasteiger partial charge in [-0.2, -0.15) is 0 Å². The number of esters is 4. The van der Waals surface area contributed by atoms with E-state index in [0.29, 0.717) is 25.7 Å². The second kappa shape index (κ2) is 74.3. The Labute approximate surface area is 607 Å². The molecule has 0 saturated heterocycles. The lowest BCUT2D eigenvalue weighted by atomic mass is 10.0. The van der Waals surface area contributed by atoms with Gasteiger partial charge in [-0.3, -0.25) is 37.3 Å². The van der Waals surface area contributed by atoms with E-state index in [4.69, 9.17) is 37.0 Å². The van der Waals surface area contributed by atoms with Crippen molar-refractivity contribution in [2.45, 2.75) is 451 Å². The Morgan fingerprint density at radius 3 is 0.596 bits per heavy atom. The van der Waals surface area contributed by atoms with Crippen molar-refractivity contribution in [2.75, 3.05) is 39.6 Å². The molecule has 0 aliphatic rings. The average molecular weight is 1450 g/mol. The van der Waals surface area contributed by atoms with Crippen LogP contribution in [0.1, 0.15) is 432 Å². The van der Waals surface area contributed by atoms with Gasteiger partial charge in [0, 0.05) is 25.7 Å². The summed E-state index contributed by atoms with van der Waals surface area (Å²) in [5, 5.41) is 10.6. The molecule has 17 nitrogen and oxygen atoms in total. The highest BCUT2D eigenvalue weighted by atomic mass is 31.2. The monoisotopic (exact) mass is 1450 g/mol. The summed E-state index contributed by atoms with van der Waals surface area (Å²) in [4.78, 5) is 72.7. The summed E-state index contributed by atoms with van der Waals surface area (Å²) in [6.07, 6.45) is 67.0. The number of ether oxygens (including phenoxy) is 4. The zero-order valence-electron chi connectivity index (χ0n) is 64.5. The van der Waals surface area contributed by atoms with E-state index in [1.807, 2.05) is 0 Å². The zero-order chi connectivity index (χ0) is 72.5. The number of aliphatic hydroxyl groups excluding tert-OH is 1. The molecule has 0 amide bonds. The first-order chi connectivity index (χ1) is 48.2. The fraction of sp³-hybridized carbons (Fsp3) is 0.950. The van der Waals surface area contributed by atoms with Crippen molar-refractivity contribution < 1.29 is 80.2 Å². The van der Waals surface area contributed by atoms with E-state index >= 15 is 0 Å². The Morgan fingerprint density at radius 1 is 0.242 bits per heavy atom. The van der Waals surface area contributed by atoms with E-state index in [1.54, 1.807) is 0 Å². The topological polar surface area (TPSA) is 237 Å². The fourth-order valence-electron chi connectivity index (χ4n) is 12.5. The number of carbonyl (C=O) groups is 4. The van der Waals surface area contributed by atoms with Crippen LogP contribution in [0.2, 0.25) is 0 Å². The molecule has 0 heterocycles.